The zero-order valence-electron chi connectivity index (χ0n) is 10.8. The molecule has 1 nitrogen and oxygen atoms in total. The summed E-state index contributed by atoms with van der Waals surface area (Å²) in [5.74, 6) is 1.61. The molecule has 2 unspecified atom stereocenters. The van der Waals surface area contributed by atoms with Gasteiger partial charge in [-0.3, -0.25) is 0 Å². The van der Waals surface area contributed by atoms with Gasteiger partial charge in [-0.25, -0.2) is 0 Å². The summed E-state index contributed by atoms with van der Waals surface area (Å²) in [7, 11) is 0. The molecule has 0 amide bonds. The summed E-state index contributed by atoms with van der Waals surface area (Å²) < 4.78 is 0. The van der Waals surface area contributed by atoms with Crippen molar-refractivity contribution in [3.05, 3.63) is 42.0 Å². The first-order chi connectivity index (χ1) is 8.11. The largest absolute Gasteiger partial charge is 0.508 e. The molecule has 2 atom stereocenters. The minimum Gasteiger partial charge on any atom is -0.508 e. The molecule has 1 heteroatoms. The minimum atomic E-state index is 0.334. The average Bonchev–Trinajstić information content (AvgIpc) is 2.36. The third-order valence-corrected chi connectivity index (χ3v) is 3.87. The Kier molecular flexibility index (Phi) is 3.37. The Morgan fingerprint density at radius 1 is 1.00 bits per heavy atom. The van der Waals surface area contributed by atoms with Gasteiger partial charge in [-0.15, -0.1) is 0 Å². The maximum absolute atomic E-state index is 9.44. The van der Waals surface area contributed by atoms with Crippen molar-refractivity contribution in [3.8, 4) is 5.75 Å². The Balaban J connectivity index is 2.41. The summed E-state index contributed by atoms with van der Waals surface area (Å²) >= 11 is 0. The molecule has 2 aromatic carbocycles. The van der Waals surface area contributed by atoms with Crippen molar-refractivity contribution in [2.75, 3.05) is 0 Å². The van der Waals surface area contributed by atoms with Gasteiger partial charge >= 0.3 is 0 Å². The summed E-state index contributed by atoms with van der Waals surface area (Å²) in [6.07, 6.45) is 1.20. The van der Waals surface area contributed by atoms with Crippen LogP contribution in [-0.4, -0.2) is 5.11 Å². The molecule has 0 fully saturated rings. The van der Waals surface area contributed by atoms with Crippen LogP contribution in [0.3, 0.4) is 0 Å². The van der Waals surface area contributed by atoms with Crippen LogP contribution in [0.1, 0.15) is 38.7 Å². The van der Waals surface area contributed by atoms with E-state index < -0.39 is 0 Å². The first-order valence-electron chi connectivity index (χ1n) is 6.34. The lowest BCUT2D eigenvalue weighted by Gasteiger charge is -2.19. The first kappa shape index (κ1) is 12.0. The van der Waals surface area contributed by atoms with Gasteiger partial charge in [0.05, 0.1) is 0 Å². The molecular weight excluding hydrogens is 208 g/mol. The number of rotatable bonds is 3. The van der Waals surface area contributed by atoms with Gasteiger partial charge in [0.15, 0.2) is 0 Å². The normalized spacial score (nSPS) is 14.8. The van der Waals surface area contributed by atoms with Crippen molar-refractivity contribution >= 4 is 10.8 Å². The Labute approximate surface area is 103 Å². The molecule has 0 aliphatic carbocycles. The number of benzene rings is 2. The van der Waals surface area contributed by atoms with Crippen LogP contribution < -0.4 is 0 Å². The first-order valence-corrected chi connectivity index (χ1v) is 6.34. The molecule has 0 aliphatic heterocycles. The van der Waals surface area contributed by atoms with Gasteiger partial charge in [-0.05, 0) is 40.3 Å². The highest BCUT2D eigenvalue weighted by Crippen LogP contribution is 2.29. The van der Waals surface area contributed by atoms with E-state index in [0.29, 0.717) is 17.6 Å². The van der Waals surface area contributed by atoms with Crippen molar-refractivity contribution in [1.82, 2.24) is 0 Å². The Bertz CT molecular complexity index is 516. The molecule has 0 bridgehead atoms. The van der Waals surface area contributed by atoms with E-state index in [1.165, 1.54) is 17.4 Å². The van der Waals surface area contributed by atoms with Gasteiger partial charge in [0, 0.05) is 0 Å². The zero-order valence-corrected chi connectivity index (χ0v) is 10.8. The summed E-state index contributed by atoms with van der Waals surface area (Å²) in [4.78, 5) is 0. The van der Waals surface area contributed by atoms with Gasteiger partial charge in [0.25, 0.3) is 0 Å². The van der Waals surface area contributed by atoms with Crippen molar-refractivity contribution in [2.24, 2.45) is 5.92 Å². The number of hydrogen-bond donors (Lipinski definition) is 1. The van der Waals surface area contributed by atoms with E-state index in [2.05, 4.69) is 39.0 Å². The average molecular weight is 228 g/mol. The van der Waals surface area contributed by atoms with Crippen molar-refractivity contribution in [1.29, 1.82) is 0 Å². The number of hydrogen-bond acceptors (Lipinski definition) is 1. The smallest absolute Gasteiger partial charge is 0.116 e. The summed E-state index contributed by atoms with van der Waals surface area (Å²) in [6.45, 7) is 6.82. The van der Waals surface area contributed by atoms with Crippen molar-refractivity contribution in [2.45, 2.75) is 33.1 Å². The minimum absolute atomic E-state index is 0.334. The Morgan fingerprint density at radius 2 is 1.65 bits per heavy atom. The van der Waals surface area contributed by atoms with E-state index >= 15 is 0 Å². The van der Waals surface area contributed by atoms with Crippen LogP contribution in [0.15, 0.2) is 36.4 Å². The molecule has 2 rings (SSSR count). The zero-order chi connectivity index (χ0) is 12.4. The topological polar surface area (TPSA) is 20.2 Å². The lowest BCUT2D eigenvalue weighted by Crippen LogP contribution is -2.04. The van der Waals surface area contributed by atoms with Crippen LogP contribution in [0.5, 0.6) is 5.75 Å². The SMILES string of the molecule is CCC(C)C(C)c1ccc2cc(O)ccc2c1. The summed E-state index contributed by atoms with van der Waals surface area (Å²) in [6, 6.07) is 12.1. The summed E-state index contributed by atoms with van der Waals surface area (Å²) in [5.41, 5.74) is 1.39. The second kappa shape index (κ2) is 4.79. The van der Waals surface area contributed by atoms with Gasteiger partial charge in [0.1, 0.15) is 5.75 Å². The standard InChI is InChI=1S/C16H20O/c1-4-11(2)12(3)13-5-6-15-10-16(17)8-7-14(15)9-13/h5-12,17H,4H2,1-3H3. The van der Waals surface area contributed by atoms with Gasteiger partial charge in [-0.1, -0.05) is 51.5 Å². The van der Waals surface area contributed by atoms with E-state index in [-0.39, 0.29) is 0 Å². The van der Waals surface area contributed by atoms with E-state index in [0.717, 1.165) is 5.39 Å². The van der Waals surface area contributed by atoms with Gasteiger partial charge in [0.2, 0.25) is 0 Å². The van der Waals surface area contributed by atoms with Crippen molar-refractivity contribution in [3.63, 3.8) is 0 Å². The maximum Gasteiger partial charge on any atom is 0.116 e. The van der Waals surface area contributed by atoms with Crippen LogP contribution in [0.25, 0.3) is 10.8 Å². The highest BCUT2D eigenvalue weighted by atomic mass is 16.3. The maximum atomic E-state index is 9.44. The van der Waals surface area contributed by atoms with E-state index in [4.69, 9.17) is 0 Å². The number of fused-ring (bicyclic) bond motifs is 1. The van der Waals surface area contributed by atoms with Crippen LogP contribution >= 0.6 is 0 Å². The van der Waals surface area contributed by atoms with E-state index in [1.54, 1.807) is 6.07 Å². The lowest BCUT2D eigenvalue weighted by atomic mass is 9.86. The number of phenolic OH excluding ortho intramolecular Hbond substituents is 1. The monoisotopic (exact) mass is 228 g/mol. The lowest BCUT2D eigenvalue weighted by molar-refractivity contribution is 0.473. The molecule has 0 saturated carbocycles. The quantitative estimate of drug-likeness (QED) is 0.807. The third kappa shape index (κ3) is 2.44. The van der Waals surface area contributed by atoms with Crippen LogP contribution in [0.2, 0.25) is 0 Å². The molecule has 17 heavy (non-hydrogen) atoms. The van der Waals surface area contributed by atoms with Crippen LogP contribution in [0, 0.1) is 5.92 Å². The predicted molar refractivity (Wildman–Crippen MR) is 73.5 cm³/mol. The number of phenols is 1. The van der Waals surface area contributed by atoms with Gasteiger partial charge in [-0.2, -0.15) is 0 Å². The number of aromatic hydroxyl groups is 1. The Hall–Kier alpha value is -1.50. The molecular formula is C16H20O. The van der Waals surface area contributed by atoms with Gasteiger partial charge < -0.3 is 5.11 Å². The fourth-order valence-corrected chi connectivity index (χ4v) is 2.22. The second-order valence-electron chi connectivity index (χ2n) is 4.97. The molecule has 0 aliphatic rings. The highest BCUT2D eigenvalue weighted by molar-refractivity contribution is 5.84. The van der Waals surface area contributed by atoms with E-state index in [1.807, 2.05) is 12.1 Å². The molecule has 0 heterocycles. The fourth-order valence-electron chi connectivity index (χ4n) is 2.22. The molecule has 0 radical (unpaired) electrons. The molecule has 2 aromatic rings. The van der Waals surface area contributed by atoms with Crippen LogP contribution in [0.4, 0.5) is 0 Å². The predicted octanol–water partition coefficient (Wildman–Crippen LogP) is 4.70. The molecule has 90 valence electrons. The molecule has 0 spiro atoms. The Morgan fingerprint density at radius 3 is 2.35 bits per heavy atom. The van der Waals surface area contributed by atoms with E-state index in [9.17, 15) is 5.11 Å². The molecule has 1 N–H and O–H groups in total. The summed E-state index contributed by atoms with van der Waals surface area (Å²) in [5, 5.41) is 11.7. The fraction of sp³-hybridized carbons (Fsp3) is 0.375. The molecule has 0 saturated heterocycles. The van der Waals surface area contributed by atoms with Crippen molar-refractivity contribution < 1.29 is 5.11 Å². The highest BCUT2D eigenvalue weighted by Gasteiger charge is 2.12. The van der Waals surface area contributed by atoms with Crippen LogP contribution in [-0.2, 0) is 0 Å². The second-order valence-corrected chi connectivity index (χ2v) is 4.97. The molecule has 0 aromatic heterocycles. The third-order valence-electron chi connectivity index (χ3n) is 3.87.